The van der Waals surface area contributed by atoms with Crippen molar-refractivity contribution in [3.8, 4) is 0 Å². The average molecular weight is 350 g/mol. The molecule has 0 saturated carbocycles. The first-order valence-electron chi connectivity index (χ1n) is 9.61. The Kier molecular flexibility index (Phi) is 5.28. The number of benzene rings is 1. The van der Waals surface area contributed by atoms with Crippen LogP contribution in [0.3, 0.4) is 0 Å². The molecule has 1 aliphatic heterocycles. The highest BCUT2D eigenvalue weighted by Crippen LogP contribution is 2.27. The van der Waals surface area contributed by atoms with Gasteiger partial charge in [-0.05, 0) is 31.4 Å². The molecule has 4 rings (SSSR count). The Morgan fingerprint density at radius 3 is 2.65 bits per heavy atom. The van der Waals surface area contributed by atoms with Crippen molar-refractivity contribution in [3.05, 3.63) is 43.0 Å². The Balaban J connectivity index is 1.51. The van der Waals surface area contributed by atoms with Crippen LogP contribution in [0.1, 0.15) is 32.1 Å². The van der Waals surface area contributed by atoms with Gasteiger partial charge in [0.25, 0.3) is 0 Å². The van der Waals surface area contributed by atoms with Gasteiger partial charge in [-0.3, -0.25) is 0 Å². The summed E-state index contributed by atoms with van der Waals surface area (Å²) >= 11 is 0. The minimum Gasteiger partial charge on any atom is -0.356 e. The van der Waals surface area contributed by atoms with Crippen LogP contribution in [-0.2, 0) is 6.54 Å². The van der Waals surface area contributed by atoms with Gasteiger partial charge in [0.15, 0.2) is 0 Å². The molecular formula is C20H26N6. The van der Waals surface area contributed by atoms with Crippen LogP contribution in [-0.4, -0.2) is 39.2 Å². The number of nitrogens with zero attached hydrogens (tertiary/aromatic N) is 5. The predicted octanol–water partition coefficient (Wildman–Crippen LogP) is 3.71. The Morgan fingerprint density at radius 2 is 1.85 bits per heavy atom. The van der Waals surface area contributed by atoms with Crippen molar-refractivity contribution in [1.82, 2.24) is 19.5 Å². The highest BCUT2D eigenvalue weighted by atomic mass is 15.2. The first kappa shape index (κ1) is 16.8. The van der Waals surface area contributed by atoms with Gasteiger partial charge in [-0.15, -0.1) is 0 Å². The van der Waals surface area contributed by atoms with E-state index >= 15 is 0 Å². The molecule has 3 heterocycles. The fraction of sp³-hybridized carbons (Fsp3) is 0.450. The summed E-state index contributed by atoms with van der Waals surface area (Å²) in [4.78, 5) is 16.1. The third-order valence-corrected chi connectivity index (χ3v) is 4.92. The van der Waals surface area contributed by atoms with E-state index in [9.17, 15) is 0 Å². The summed E-state index contributed by atoms with van der Waals surface area (Å²) in [5.41, 5.74) is 1.01. The molecule has 1 N–H and O–H groups in total. The highest BCUT2D eigenvalue weighted by molar-refractivity contribution is 5.90. The SMILES string of the molecule is c1ccc2c(N3CCCCCC3)nc(NCCCn3ccnc3)nc2c1. The lowest BCUT2D eigenvalue weighted by molar-refractivity contribution is 0.659. The van der Waals surface area contributed by atoms with Crippen molar-refractivity contribution < 1.29 is 0 Å². The van der Waals surface area contributed by atoms with Crippen LogP contribution in [0.5, 0.6) is 0 Å². The quantitative estimate of drug-likeness (QED) is 0.687. The fourth-order valence-electron chi connectivity index (χ4n) is 3.54. The second-order valence-corrected chi connectivity index (χ2v) is 6.87. The molecule has 0 amide bonds. The van der Waals surface area contributed by atoms with Gasteiger partial charge in [0.2, 0.25) is 5.95 Å². The van der Waals surface area contributed by atoms with Gasteiger partial charge < -0.3 is 14.8 Å². The van der Waals surface area contributed by atoms with Crippen molar-refractivity contribution >= 4 is 22.7 Å². The zero-order valence-electron chi connectivity index (χ0n) is 15.1. The summed E-state index contributed by atoms with van der Waals surface area (Å²) in [6, 6.07) is 8.34. The monoisotopic (exact) mass is 350 g/mol. The maximum absolute atomic E-state index is 4.89. The molecule has 1 aromatic carbocycles. The average Bonchev–Trinajstić information content (AvgIpc) is 3.05. The summed E-state index contributed by atoms with van der Waals surface area (Å²) in [7, 11) is 0. The Hall–Kier alpha value is -2.63. The Labute approximate surface area is 154 Å². The normalized spacial score (nSPS) is 15.2. The van der Waals surface area contributed by atoms with Gasteiger partial charge in [0, 0.05) is 44.0 Å². The largest absolute Gasteiger partial charge is 0.356 e. The standard InChI is InChI=1S/C20H26N6/c1-2-6-14-26(13-5-1)19-17-8-3-4-9-18(17)23-20(24-19)22-10-7-12-25-15-11-21-16-25/h3-4,8-9,11,15-16H,1-2,5-7,10,12-14H2,(H,22,23,24). The zero-order valence-corrected chi connectivity index (χ0v) is 15.1. The van der Waals surface area contributed by atoms with E-state index < -0.39 is 0 Å². The molecule has 2 aromatic heterocycles. The molecule has 0 spiro atoms. The lowest BCUT2D eigenvalue weighted by atomic mass is 10.2. The number of fused-ring (bicyclic) bond motifs is 1. The zero-order chi connectivity index (χ0) is 17.6. The number of aryl methyl sites for hydroxylation is 1. The molecule has 3 aromatic rings. The van der Waals surface area contributed by atoms with Crippen molar-refractivity contribution in [2.24, 2.45) is 0 Å². The number of imidazole rings is 1. The number of hydrogen-bond donors (Lipinski definition) is 1. The predicted molar refractivity (Wildman–Crippen MR) is 106 cm³/mol. The van der Waals surface area contributed by atoms with Crippen LogP contribution in [0.4, 0.5) is 11.8 Å². The summed E-state index contributed by atoms with van der Waals surface area (Å²) in [6.45, 7) is 3.96. The summed E-state index contributed by atoms with van der Waals surface area (Å²) in [5.74, 6) is 1.81. The van der Waals surface area contributed by atoms with Gasteiger partial charge >= 0.3 is 0 Å². The highest BCUT2D eigenvalue weighted by Gasteiger charge is 2.16. The number of anilines is 2. The van der Waals surface area contributed by atoms with Gasteiger partial charge in [-0.1, -0.05) is 25.0 Å². The van der Waals surface area contributed by atoms with E-state index in [1.54, 1.807) is 0 Å². The van der Waals surface area contributed by atoms with Crippen LogP contribution in [0, 0.1) is 0 Å². The van der Waals surface area contributed by atoms with Crippen molar-refractivity contribution in [2.45, 2.75) is 38.6 Å². The van der Waals surface area contributed by atoms with Crippen molar-refractivity contribution in [3.63, 3.8) is 0 Å². The molecule has 1 aliphatic rings. The second-order valence-electron chi connectivity index (χ2n) is 6.87. The number of nitrogens with one attached hydrogen (secondary N) is 1. The second kappa shape index (κ2) is 8.17. The van der Waals surface area contributed by atoms with Gasteiger partial charge in [-0.25, -0.2) is 9.97 Å². The molecule has 136 valence electrons. The van der Waals surface area contributed by atoms with E-state index in [-0.39, 0.29) is 0 Å². The van der Waals surface area contributed by atoms with E-state index in [4.69, 9.17) is 9.97 Å². The fourth-order valence-corrected chi connectivity index (χ4v) is 3.54. The smallest absolute Gasteiger partial charge is 0.225 e. The van der Waals surface area contributed by atoms with E-state index in [1.807, 2.05) is 24.8 Å². The van der Waals surface area contributed by atoms with Crippen molar-refractivity contribution in [2.75, 3.05) is 29.9 Å². The maximum Gasteiger partial charge on any atom is 0.225 e. The van der Waals surface area contributed by atoms with E-state index in [0.717, 1.165) is 55.3 Å². The van der Waals surface area contributed by atoms with E-state index in [2.05, 4.69) is 38.0 Å². The van der Waals surface area contributed by atoms with Gasteiger partial charge in [0.05, 0.1) is 11.8 Å². The first-order valence-corrected chi connectivity index (χ1v) is 9.61. The number of hydrogen-bond acceptors (Lipinski definition) is 5. The molecule has 1 fully saturated rings. The third kappa shape index (κ3) is 3.95. The van der Waals surface area contributed by atoms with Crippen molar-refractivity contribution in [1.29, 1.82) is 0 Å². The van der Waals surface area contributed by atoms with Crippen LogP contribution < -0.4 is 10.2 Å². The summed E-state index contributed by atoms with van der Waals surface area (Å²) in [6.07, 6.45) is 11.8. The molecule has 6 heteroatoms. The Bertz CT molecular complexity index is 821. The molecule has 0 unspecified atom stereocenters. The molecule has 0 radical (unpaired) electrons. The van der Waals surface area contributed by atoms with Crippen LogP contribution >= 0.6 is 0 Å². The summed E-state index contributed by atoms with van der Waals surface area (Å²) < 4.78 is 2.09. The molecule has 0 atom stereocenters. The molecule has 1 saturated heterocycles. The number of aromatic nitrogens is 4. The Morgan fingerprint density at radius 1 is 1.00 bits per heavy atom. The first-order chi connectivity index (χ1) is 12.9. The molecule has 6 nitrogen and oxygen atoms in total. The summed E-state index contributed by atoms with van der Waals surface area (Å²) in [5, 5.41) is 4.56. The number of para-hydroxylation sites is 1. The van der Waals surface area contributed by atoms with Gasteiger partial charge in [-0.2, -0.15) is 4.98 Å². The maximum atomic E-state index is 4.89. The molecular weight excluding hydrogens is 324 g/mol. The molecule has 0 aliphatic carbocycles. The van der Waals surface area contributed by atoms with Gasteiger partial charge in [0.1, 0.15) is 5.82 Å². The lowest BCUT2D eigenvalue weighted by Crippen LogP contribution is -2.25. The lowest BCUT2D eigenvalue weighted by Gasteiger charge is -2.23. The van der Waals surface area contributed by atoms with E-state index in [0.29, 0.717) is 0 Å². The van der Waals surface area contributed by atoms with Crippen LogP contribution in [0.25, 0.3) is 10.9 Å². The van der Waals surface area contributed by atoms with Crippen LogP contribution in [0.2, 0.25) is 0 Å². The minimum atomic E-state index is 0.730. The molecule has 0 bridgehead atoms. The third-order valence-electron chi connectivity index (χ3n) is 4.92. The number of rotatable bonds is 6. The topological polar surface area (TPSA) is 58.9 Å². The van der Waals surface area contributed by atoms with E-state index in [1.165, 1.54) is 25.7 Å². The minimum absolute atomic E-state index is 0.730. The molecule has 26 heavy (non-hydrogen) atoms. The van der Waals surface area contributed by atoms with Crippen LogP contribution in [0.15, 0.2) is 43.0 Å².